The van der Waals surface area contributed by atoms with Crippen molar-refractivity contribution in [2.24, 2.45) is 11.7 Å². The molecule has 1 saturated carbocycles. The van der Waals surface area contributed by atoms with E-state index in [1.807, 2.05) is 6.07 Å². The molecule has 0 amide bonds. The molecule has 1 aliphatic carbocycles. The van der Waals surface area contributed by atoms with E-state index in [4.69, 9.17) is 10.3 Å². The van der Waals surface area contributed by atoms with Crippen LogP contribution in [0.15, 0.2) is 28.8 Å². The van der Waals surface area contributed by atoms with Gasteiger partial charge in [0.2, 0.25) is 5.89 Å². The monoisotopic (exact) mass is 289 g/mol. The molecule has 0 aliphatic heterocycles. The number of aromatic nitrogens is 2. The second-order valence-electron chi connectivity index (χ2n) is 5.81. The SMILES string of the molecule is NCC1CCC(c2nc(Cc3cccc(F)c3)no2)CC1. The summed E-state index contributed by atoms with van der Waals surface area (Å²) in [5.74, 6) is 2.09. The molecule has 1 fully saturated rings. The lowest BCUT2D eigenvalue weighted by Gasteiger charge is -2.24. The molecule has 0 atom stereocenters. The lowest BCUT2D eigenvalue weighted by atomic mass is 9.82. The van der Waals surface area contributed by atoms with Crippen LogP contribution in [-0.2, 0) is 6.42 Å². The van der Waals surface area contributed by atoms with Gasteiger partial charge < -0.3 is 10.3 Å². The Balaban J connectivity index is 1.64. The van der Waals surface area contributed by atoms with E-state index in [0.717, 1.165) is 43.7 Å². The van der Waals surface area contributed by atoms with Crippen LogP contribution in [0.2, 0.25) is 0 Å². The molecule has 3 rings (SSSR count). The first-order chi connectivity index (χ1) is 10.2. The summed E-state index contributed by atoms with van der Waals surface area (Å²) in [7, 11) is 0. The number of halogens is 1. The Morgan fingerprint density at radius 2 is 2.05 bits per heavy atom. The molecule has 21 heavy (non-hydrogen) atoms. The largest absolute Gasteiger partial charge is 0.339 e. The van der Waals surface area contributed by atoms with Crippen LogP contribution < -0.4 is 5.73 Å². The fraction of sp³-hybridized carbons (Fsp3) is 0.500. The highest BCUT2D eigenvalue weighted by atomic mass is 19.1. The number of hydrogen-bond acceptors (Lipinski definition) is 4. The average Bonchev–Trinajstić information content (AvgIpc) is 2.96. The number of benzene rings is 1. The van der Waals surface area contributed by atoms with Crippen LogP contribution >= 0.6 is 0 Å². The summed E-state index contributed by atoms with van der Waals surface area (Å²) < 4.78 is 18.6. The van der Waals surface area contributed by atoms with Crippen LogP contribution in [0.5, 0.6) is 0 Å². The van der Waals surface area contributed by atoms with Gasteiger partial charge in [-0.25, -0.2) is 4.39 Å². The quantitative estimate of drug-likeness (QED) is 0.939. The summed E-state index contributed by atoms with van der Waals surface area (Å²) in [5.41, 5.74) is 6.56. The Labute approximate surface area is 123 Å². The Morgan fingerprint density at radius 1 is 1.24 bits per heavy atom. The van der Waals surface area contributed by atoms with Gasteiger partial charge in [0, 0.05) is 12.3 Å². The van der Waals surface area contributed by atoms with Gasteiger partial charge in [-0.05, 0) is 55.8 Å². The molecule has 0 unspecified atom stereocenters. The number of rotatable bonds is 4. The number of nitrogens with zero attached hydrogens (tertiary/aromatic N) is 2. The van der Waals surface area contributed by atoms with Gasteiger partial charge in [-0.15, -0.1) is 0 Å². The highest BCUT2D eigenvalue weighted by Crippen LogP contribution is 2.34. The summed E-state index contributed by atoms with van der Waals surface area (Å²) in [6.07, 6.45) is 4.87. The van der Waals surface area contributed by atoms with E-state index >= 15 is 0 Å². The Kier molecular flexibility index (Phi) is 4.29. The average molecular weight is 289 g/mol. The molecule has 2 N–H and O–H groups in total. The summed E-state index contributed by atoms with van der Waals surface area (Å²) in [4.78, 5) is 4.48. The molecule has 0 saturated heterocycles. The summed E-state index contributed by atoms with van der Waals surface area (Å²) in [6, 6.07) is 6.49. The lowest BCUT2D eigenvalue weighted by Crippen LogP contribution is -2.20. The van der Waals surface area contributed by atoms with Gasteiger partial charge in [-0.1, -0.05) is 17.3 Å². The molecule has 2 aromatic rings. The Hall–Kier alpha value is -1.75. The smallest absolute Gasteiger partial charge is 0.229 e. The van der Waals surface area contributed by atoms with Crippen LogP contribution in [0.1, 0.15) is 48.9 Å². The van der Waals surface area contributed by atoms with Crippen molar-refractivity contribution in [1.29, 1.82) is 0 Å². The first kappa shape index (κ1) is 14.2. The molecule has 4 nitrogen and oxygen atoms in total. The minimum atomic E-state index is -0.240. The number of nitrogens with two attached hydrogens (primary N) is 1. The second-order valence-corrected chi connectivity index (χ2v) is 5.81. The topological polar surface area (TPSA) is 64.9 Å². The second kappa shape index (κ2) is 6.35. The van der Waals surface area contributed by atoms with Crippen molar-refractivity contribution in [2.75, 3.05) is 6.54 Å². The zero-order valence-electron chi connectivity index (χ0n) is 12.0. The predicted molar refractivity (Wildman–Crippen MR) is 77.3 cm³/mol. The minimum Gasteiger partial charge on any atom is -0.339 e. The van der Waals surface area contributed by atoms with Gasteiger partial charge in [-0.2, -0.15) is 4.98 Å². The minimum absolute atomic E-state index is 0.240. The van der Waals surface area contributed by atoms with Crippen LogP contribution in [0.3, 0.4) is 0 Å². The van der Waals surface area contributed by atoms with Gasteiger partial charge in [-0.3, -0.25) is 0 Å². The molecule has 0 spiro atoms. The van der Waals surface area contributed by atoms with E-state index < -0.39 is 0 Å². The maximum absolute atomic E-state index is 13.2. The van der Waals surface area contributed by atoms with Gasteiger partial charge in [0.25, 0.3) is 0 Å². The molecule has 1 aromatic carbocycles. The van der Waals surface area contributed by atoms with E-state index in [0.29, 0.717) is 24.1 Å². The van der Waals surface area contributed by atoms with Gasteiger partial charge in [0.1, 0.15) is 5.82 Å². The van der Waals surface area contributed by atoms with E-state index in [1.54, 1.807) is 6.07 Å². The molecular weight excluding hydrogens is 269 g/mol. The zero-order valence-corrected chi connectivity index (χ0v) is 12.0. The van der Waals surface area contributed by atoms with Crippen LogP contribution in [-0.4, -0.2) is 16.7 Å². The van der Waals surface area contributed by atoms with E-state index in [9.17, 15) is 4.39 Å². The fourth-order valence-corrected chi connectivity index (χ4v) is 2.98. The van der Waals surface area contributed by atoms with Crippen molar-refractivity contribution in [3.8, 4) is 0 Å². The molecule has 0 bridgehead atoms. The Morgan fingerprint density at radius 3 is 2.76 bits per heavy atom. The molecular formula is C16H20FN3O. The summed E-state index contributed by atoms with van der Waals surface area (Å²) >= 11 is 0. The van der Waals surface area contributed by atoms with Crippen molar-refractivity contribution in [3.05, 3.63) is 47.4 Å². The molecule has 5 heteroatoms. The summed E-state index contributed by atoms with van der Waals surface area (Å²) in [5, 5.41) is 4.02. The van der Waals surface area contributed by atoms with E-state index in [-0.39, 0.29) is 5.82 Å². The summed E-state index contributed by atoms with van der Waals surface area (Å²) in [6.45, 7) is 0.765. The van der Waals surface area contributed by atoms with Crippen LogP contribution in [0.25, 0.3) is 0 Å². The fourth-order valence-electron chi connectivity index (χ4n) is 2.98. The first-order valence-corrected chi connectivity index (χ1v) is 7.51. The zero-order chi connectivity index (χ0) is 14.7. The van der Waals surface area contributed by atoms with E-state index in [2.05, 4.69) is 10.1 Å². The predicted octanol–water partition coefficient (Wildman–Crippen LogP) is 3.03. The highest BCUT2D eigenvalue weighted by Gasteiger charge is 2.25. The van der Waals surface area contributed by atoms with Crippen LogP contribution in [0, 0.1) is 11.7 Å². The maximum Gasteiger partial charge on any atom is 0.229 e. The standard InChI is InChI=1S/C16H20FN3O/c17-14-3-1-2-12(8-14)9-15-19-16(21-20-15)13-6-4-11(10-18)5-7-13/h1-3,8,11,13H,4-7,9-10,18H2. The normalized spacial score (nSPS) is 22.4. The van der Waals surface area contributed by atoms with Crippen molar-refractivity contribution in [3.63, 3.8) is 0 Å². The number of hydrogen-bond donors (Lipinski definition) is 1. The van der Waals surface area contributed by atoms with Gasteiger partial charge in [0.15, 0.2) is 5.82 Å². The maximum atomic E-state index is 13.2. The van der Waals surface area contributed by atoms with Crippen molar-refractivity contribution >= 4 is 0 Å². The van der Waals surface area contributed by atoms with Crippen LogP contribution in [0.4, 0.5) is 4.39 Å². The third-order valence-electron chi connectivity index (χ3n) is 4.26. The molecule has 112 valence electrons. The molecule has 0 radical (unpaired) electrons. The first-order valence-electron chi connectivity index (χ1n) is 7.51. The van der Waals surface area contributed by atoms with Crippen molar-refractivity contribution in [1.82, 2.24) is 10.1 Å². The Bertz CT molecular complexity index is 591. The van der Waals surface area contributed by atoms with Gasteiger partial charge in [0.05, 0.1) is 0 Å². The molecule has 1 aromatic heterocycles. The van der Waals surface area contributed by atoms with Crippen molar-refractivity contribution < 1.29 is 8.91 Å². The van der Waals surface area contributed by atoms with E-state index in [1.165, 1.54) is 12.1 Å². The van der Waals surface area contributed by atoms with Crippen molar-refractivity contribution in [2.45, 2.75) is 38.0 Å². The molecule has 1 aliphatic rings. The third-order valence-corrected chi connectivity index (χ3v) is 4.26. The molecule has 1 heterocycles. The third kappa shape index (κ3) is 3.47. The highest BCUT2D eigenvalue weighted by molar-refractivity contribution is 5.19. The lowest BCUT2D eigenvalue weighted by molar-refractivity contribution is 0.274. The van der Waals surface area contributed by atoms with Gasteiger partial charge >= 0.3 is 0 Å².